The number of hydrogen-bond acceptors (Lipinski definition) is 5. The molecule has 0 bridgehead atoms. The maximum atomic E-state index is 11.5. The zero-order valence-electron chi connectivity index (χ0n) is 9.99. The van der Waals surface area contributed by atoms with E-state index in [2.05, 4.69) is 21.2 Å². The van der Waals surface area contributed by atoms with Gasteiger partial charge in [0.25, 0.3) is 0 Å². The molecule has 1 rings (SSSR count). The first-order chi connectivity index (χ1) is 8.19. The zero-order valence-corrected chi connectivity index (χ0v) is 9.99. The number of rotatable bonds is 5. The normalized spacial score (nSPS) is 9.47. The van der Waals surface area contributed by atoms with Crippen molar-refractivity contribution in [1.29, 1.82) is 0 Å². The predicted octanol–water partition coefficient (Wildman–Crippen LogP) is 1.40. The first kappa shape index (κ1) is 13.0. The van der Waals surface area contributed by atoms with Crippen molar-refractivity contribution in [2.45, 2.75) is 20.3 Å². The van der Waals surface area contributed by atoms with Gasteiger partial charge in [0.2, 0.25) is 5.95 Å². The van der Waals surface area contributed by atoms with E-state index in [0.717, 1.165) is 0 Å². The Morgan fingerprint density at radius 3 is 3.00 bits per heavy atom. The van der Waals surface area contributed by atoms with Crippen LogP contribution < -0.4 is 5.32 Å². The Labute approximate surface area is 101 Å². The van der Waals surface area contributed by atoms with Crippen molar-refractivity contribution in [2.75, 3.05) is 18.5 Å². The van der Waals surface area contributed by atoms with Crippen molar-refractivity contribution >= 4 is 11.9 Å². The largest absolute Gasteiger partial charge is 0.462 e. The zero-order chi connectivity index (χ0) is 12.7. The molecule has 1 N–H and O–H groups in total. The quantitative estimate of drug-likeness (QED) is 0.473. The molecule has 0 fully saturated rings. The number of nitrogens with zero attached hydrogens (tertiary/aromatic N) is 2. The van der Waals surface area contributed by atoms with E-state index in [-0.39, 0.29) is 0 Å². The summed E-state index contributed by atoms with van der Waals surface area (Å²) in [6.45, 7) is 4.43. The van der Waals surface area contributed by atoms with E-state index in [9.17, 15) is 4.79 Å². The van der Waals surface area contributed by atoms with Gasteiger partial charge in [0.15, 0.2) is 0 Å². The minimum Gasteiger partial charge on any atom is -0.462 e. The van der Waals surface area contributed by atoms with Crippen molar-refractivity contribution in [3.05, 3.63) is 17.5 Å². The second-order valence-electron chi connectivity index (χ2n) is 3.29. The Hall–Kier alpha value is -2.09. The Balaban J connectivity index is 2.72. The molecule has 5 nitrogen and oxygen atoms in total. The molecule has 0 radical (unpaired) electrons. The smallest absolute Gasteiger partial charge is 0.341 e. The van der Waals surface area contributed by atoms with Crippen LogP contribution in [-0.4, -0.2) is 29.1 Å². The van der Waals surface area contributed by atoms with Gasteiger partial charge in [-0.3, -0.25) is 0 Å². The highest BCUT2D eigenvalue weighted by Gasteiger charge is 2.12. The fourth-order valence-corrected chi connectivity index (χ4v) is 1.21. The summed E-state index contributed by atoms with van der Waals surface area (Å²) in [7, 11) is 0. The molecule has 0 unspecified atom stereocenters. The highest BCUT2D eigenvalue weighted by Crippen LogP contribution is 2.08. The van der Waals surface area contributed by atoms with Gasteiger partial charge in [-0.25, -0.2) is 14.8 Å². The molecule has 1 aromatic heterocycles. The van der Waals surface area contributed by atoms with Crippen molar-refractivity contribution in [3.63, 3.8) is 0 Å². The number of terminal acetylenes is 1. The third kappa shape index (κ3) is 3.76. The standard InChI is InChI=1S/C12H15N3O2/c1-4-6-7-13-12-14-8-10(9(3)15-12)11(16)17-5-2/h1,8H,5-7H2,2-3H3,(H,13,14,15). The minimum absolute atomic E-state index is 0.334. The van der Waals surface area contributed by atoms with Crippen molar-refractivity contribution in [1.82, 2.24) is 9.97 Å². The summed E-state index contributed by atoms with van der Waals surface area (Å²) in [5.41, 5.74) is 0.969. The Morgan fingerprint density at radius 1 is 1.65 bits per heavy atom. The topological polar surface area (TPSA) is 64.1 Å². The van der Waals surface area contributed by atoms with Crippen molar-refractivity contribution < 1.29 is 9.53 Å². The van der Waals surface area contributed by atoms with Gasteiger partial charge in [-0.1, -0.05) is 0 Å². The number of aromatic nitrogens is 2. The number of esters is 1. The molecule has 0 saturated carbocycles. The molecule has 0 spiro atoms. The monoisotopic (exact) mass is 233 g/mol. The van der Waals surface area contributed by atoms with E-state index in [1.807, 2.05) is 0 Å². The van der Waals surface area contributed by atoms with Crippen LogP contribution in [0.3, 0.4) is 0 Å². The van der Waals surface area contributed by atoms with E-state index in [1.54, 1.807) is 13.8 Å². The summed E-state index contributed by atoms with van der Waals surface area (Å²) in [5, 5.41) is 2.97. The molecule has 0 aliphatic carbocycles. The molecule has 1 heterocycles. The summed E-state index contributed by atoms with van der Waals surface area (Å²) in [6, 6.07) is 0. The lowest BCUT2D eigenvalue weighted by Gasteiger charge is -2.07. The van der Waals surface area contributed by atoms with Crippen LogP contribution in [0, 0.1) is 19.3 Å². The minimum atomic E-state index is -0.403. The first-order valence-corrected chi connectivity index (χ1v) is 5.37. The average molecular weight is 233 g/mol. The van der Waals surface area contributed by atoms with Crippen LogP contribution in [-0.2, 0) is 4.74 Å². The molecule has 0 atom stereocenters. The predicted molar refractivity (Wildman–Crippen MR) is 64.7 cm³/mol. The van der Waals surface area contributed by atoms with Crippen LogP contribution in [0.15, 0.2) is 6.20 Å². The van der Waals surface area contributed by atoms with Gasteiger partial charge in [0.05, 0.1) is 17.9 Å². The van der Waals surface area contributed by atoms with Gasteiger partial charge in [0, 0.05) is 19.2 Å². The first-order valence-electron chi connectivity index (χ1n) is 5.37. The Bertz CT molecular complexity index is 438. The Morgan fingerprint density at radius 2 is 2.41 bits per heavy atom. The fraction of sp³-hybridized carbons (Fsp3) is 0.417. The number of carbonyl (C=O) groups is 1. The lowest BCUT2D eigenvalue weighted by atomic mass is 10.2. The summed E-state index contributed by atoms with van der Waals surface area (Å²) < 4.78 is 4.88. The number of anilines is 1. The maximum absolute atomic E-state index is 11.5. The molecule has 0 aliphatic rings. The van der Waals surface area contributed by atoms with Crippen LogP contribution in [0.25, 0.3) is 0 Å². The van der Waals surface area contributed by atoms with E-state index in [0.29, 0.717) is 36.8 Å². The second kappa shape index (κ2) is 6.48. The molecule has 0 saturated heterocycles. The van der Waals surface area contributed by atoms with Crippen LogP contribution in [0.1, 0.15) is 29.4 Å². The summed E-state index contributed by atoms with van der Waals surface area (Å²) in [6.07, 6.45) is 7.18. The molecule has 0 aromatic carbocycles. The summed E-state index contributed by atoms with van der Waals surface area (Å²) >= 11 is 0. The summed E-state index contributed by atoms with van der Waals surface area (Å²) in [5.74, 6) is 2.57. The number of carbonyl (C=O) groups excluding carboxylic acids is 1. The molecule has 90 valence electrons. The van der Waals surface area contributed by atoms with Gasteiger partial charge in [0.1, 0.15) is 0 Å². The molecule has 1 aromatic rings. The molecular formula is C12H15N3O2. The van der Waals surface area contributed by atoms with Crippen molar-refractivity contribution in [3.8, 4) is 12.3 Å². The third-order valence-electron chi connectivity index (χ3n) is 2.03. The number of aryl methyl sites for hydroxylation is 1. The molecule has 0 amide bonds. The van der Waals surface area contributed by atoms with E-state index in [4.69, 9.17) is 11.2 Å². The van der Waals surface area contributed by atoms with E-state index >= 15 is 0 Å². The highest BCUT2D eigenvalue weighted by molar-refractivity contribution is 5.90. The fourth-order valence-electron chi connectivity index (χ4n) is 1.21. The second-order valence-corrected chi connectivity index (χ2v) is 3.29. The maximum Gasteiger partial charge on any atom is 0.341 e. The molecule has 17 heavy (non-hydrogen) atoms. The third-order valence-corrected chi connectivity index (χ3v) is 2.03. The van der Waals surface area contributed by atoms with Crippen LogP contribution in [0.4, 0.5) is 5.95 Å². The van der Waals surface area contributed by atoms with Crippen LogP contribution in [0.2, 0.25) is 0 Å². The number of hydrogen-bond donors (Lipinski definition) is 1. The lowest BCUT2D eigenvalue weighted by molar-refractivity contribution is 0.0524. The highest BCUT2D eigenvalue weighted by atomic mass is 16.5. The van der Waals surface area contributed by atoms with Gasteiger partial charge >= 0.3 is 5.97 Å². The molecule has 5 heteroatoms. The van der Waals surface area contributed by atoms with E-state index in [1.165, 1.54) is 6.20 Å². The Kier molecular flexibility index (Phi) is 4.95. The molecule has 0 aliphatic heterocycles. The summed E-state index contributed by atoms with van der Waals surface area (Å²) in [4.78, 5) is 19.7. The van der Waals surface area contributed by atoms with Crippen LogP contribution >= 0.6 is 0 Å². The van der Waals surface area contributed by atoms with Gasteiger partial charge in [-0.15, -0.1) is 12.3 Å². The van der Waals surface area contributed by atoms with Gasteiger partial charge in [-0.2, -0.15) is 0 Å². The lowest BCUT2D eigenvalue weighted by Crippen LogP contribution is -2.11. The number of ether oxygens (including phenoxy) is 1. The van der Waals surface area contributed by atoms with Gasteiger partial charge < -0.3 is 10.1 Å². The van der Waals surface area contributed by atoms with Crippen LogP contribution in [0.5, 0.6) is 0 Å². The number of nitrogens with one attached hydrogen (secondary N) is 1. The van der Waals surface area contributed by atoms with E-state index < -0.39 is 5.97 Å². The molecular weight excluding hydrogens is 218 g/mol. The van der Waals surface area contributed by atoms with Gasteiger partial charge in [-0.05, 0) is 13.8 Å². The van der Waals surface area contributed by atoms with Crippen molar-refractivity contribution in [2.24, 2.45) is 0 Å². The average Bonchev–Trinajstić information content (AvgIpc) is 2.29. The SMILES string of the molecule is C#CCCNc1ncc(C(=O)OCC)c(C)n1.